The number of hydrogen-bond donors (Lipinski definition) is 1. The molecule has 0 saturated heterocycles. The molecule has 1 aliphatic heterocycles. The van der Waals surface area contributed by atoms with Gasteiger partial charge in [0.2, 0.25) is 10.0 Å². The van der Waals surface area contributed by atoms with Crippen LogP contribution in [0.3, 0.4) is 0 Å². The van der Waals surface area contributed by atoms with Gasteiger partial charge in [0.15, 0.2) is 0 Å². The van der Waals surface area contributed by atoms with Crippen molar-refractivity contribution in [1.29, 1.82) is 0 Å². The zero-order valence-corrected chi connectivity index (χ0v) is 18.9. The predicted octanol–water partition coefficient (Wildman–Crippen LogP) is 3.88. The first-order valence-electron chi connectivity index (χ1n) is 9.74. The quantitative estimate of drug-likeness (QED) is 0.566. The van der Waals surface area contributed by atoms with E-state index in [1.54, 1.807) is 18.2 Å². The molecule has 0 bridgehead atoms. The largest absolute Gasteiger partial charge is 0.284 e. The van der Waals surface area contributed by atoms with Crippen molar-refractivity contribution in [3.63, 3.8) is 0 Å². The summed E-state index contributed by atoms with van der Waals surface area (Å²) in [6.07, 6.45) is 1.19. The van der Waals surface area contributed by atoms with E-state index in [0.717, 1.165) is 34.9 Å². The third kappa shape index (κ3) is 5.04. The number of nitrogens with zero attached hydrogens (tertiary/aromatic N) is 2. The molecule has 172 valence electrons. The topological polar surface area (TPSA) is 95.9 Å². The molecule has 1 aliphatic rings. The summed E-state index contributed by atoms with van der Waals surface area (Å²) in [5.74, 6) is -1.10. The molecule has 0 radical (unpaired) electrons. The van der Waals surface area contributed by atoms with Crippen LogP contribution < -0.4 is 4.72 Å². The highest BCUT2D eigenvalue weighted by Crippen LogP contribution is 2.37. The van der Waals surface area contributed by atoms with Crippen LogP contribution >= 0.6 is 0 Å². The lowest BCUT2D eigenvalue weighted by atomic mass is 9.99. The van der Waals surface area contributed by atoms with E-state index in [1.807, 2.05) is 0 Å². The van der Waals surface area contributed by atoms with Gasteiger partial charge < -0.3 is 0 Å². The molecule has 0 amide bonds. The maximum absolute atomic E-state index is 13.9. The Morgan fingerprint density at radius 2 is 1.58 bits per heavy atom. The molecule has 0 aliphatic carbocycles. The second-order valence-electron chi connectivity index (χ2n) is 7.50. The fourth-order valence-electron chi connectivity index (χ4n) is 3.51. The standard InChI is InChI=1S/C22H19F2N3O4S2/c1-32(28,29)26-19-9-5-15(6-10-19)21-14-22(16-3-2-4-18(24)13-16)27(25-21)33(30,31)20-11-7-17(23)8-12-20/h2-13,22,26H,14H2,1H3/t22-/m1/s1. The van der Waals surface area contributed by atoms with Gasteiger partial charge in [-0.1, -0.05) is 24.3 Å². The third-order valence-electron chi connectivity index (χ3n) is 4.99. The molecule has 0 unspecified atom stereocenters. The van der Waals surface area contributed by atoms with Crippen LogP contribution in [-0.4, -0.2) is 33.2 Å². The Hall–Kier alpha value is -3.31. The summed E-state index contributed by atoms with van der Waals surface area (Å²) >= 11 is 0. The van der Waals surface area contributed by atoms with Crippen molar-refractivity contribution in [1.82, 2.24) is 4.41 Å². The second kappa shape index (κ2) is 8.56. The number of benzene rings is 3. The number of sulfonamides is 2. The number of rotatable bonds is 6. The van der Waals surface area contributed by atoms with E-state index >= 15 is 0 Å². The molecular weight excluding hydrogens is 472 g/mol. The van der Waals surface area contributed by atoms with Crippen LogP contribution in [0, 0.1) is 11.6 Å². The van der Waals surface area contributed by atoms with Crippen LogP contribution in [-0.2, 0) is 20.0 Å². The molecule has 11 heteroatoms. The molecule has 0 spiro atoms. The monoisotopic (exact) mass is 491 g/mol. The first-order chi connectivity index (χ1) is 15.5. The first kappa shape index (κ1) is 22.9. The molecule has 7 nitrogen and oxygen atoms in total. The van der Waals surface area contributed by atoms with Crippen LogP contribution in [0.5, 0.6) is 0 Å². The minimum absolute atomic E-state index is 0.150. The maximum atomic E-state index is 13.9. The predicted molar refractivity (Wildman–Crippen MR) is 121 cm³/mol. The SMILES string of the molecule is CS(=O)(=O)Nc1ccc(C2=NN(S(=O)(=O)c3ccc(F)cc3)[C@@H](c3cccc(F)c3)C2)cc1. The molecule has 3 aromatic rings. The van der Waals surface area contributed by atoms with Crippen LogP contribution in [0.4, 0.5) is 14.5 Å². The molecule has 0 saturated carbocycles. The summed E-state index contributed by atoms with van der Waals surface area (Å²) in [7, 11) is -7.62. The van der Waals surface area contributed by atoms with E-state index in [4.69, 9.17) is 0 Å². The van der Waals surface area contributed by atoms with Crippen molar-refractivity contribution in [2.45, 2.75) is 17.4 Å². The summed E-state index contributed by atoms with van der Waals surface area (Å²) in [4.78, 5) is -0.150. The van der Waals surface area contributed by atoms with Crippen LogP contribution in [0.1, 0.15) is 23.6 Å². The van der Waals surface area contributed by atoms with Crippen molar-refractivity contribution < 1.29 is 25.6 Å². The molecule has 0 fully saturated rings. The van der Waals surface area contributed by atoms with Gasteiger partial charge >= 0.3 is 0 Å². The Bertz CT molecular complexity index is 1420. The van der Waals surface area contributed by atoms with Crippen LogP contribution in [0.15, 0.2) is 82.8 Å². The molecule has 1 atom stereocenters. The fourth-order valence-corrected chi connectivity index (χ4v) is 5.50. The normalized spacial score (nSPS) is 16.5. The molecule has 1 N–H and O–H groups in total. The van der Waals surface area contributed by atoms with Gasteiger partial charge in [-0.3, -0.25) is 4.72 Å². The van der Waals surface area contributed by atoms with Gasteiger partial charge in [-0.05, 0) is 59.7 Å². The highest BCUT2D eigenvalue weighted by atomic mass is 32.2. The Kier molecular flexibility index (Phi) is 5.93. The van der Waals surface area contributed by atoms with E-state index in [0.29, 0.717) is 22.5 Å². The van der Waals surface area contributed by atoms with Gasteiger partial charge in [-0.25, -0.2) is 17.2 Å². The van der Waals surface area contributed by atoms with Gasteiger partial charge in [0.1, 0.15) is 11.6 Å². The molecule has 1 heterocycles. The number of nitrogens with one attached hydrogen (secondary N) is 1. The Morgan fingerprint density at radius 1 is 0.909 bits per heavy atom. The number of hydrazone groups is 1. The highest BCUT2D eigenvalue weighted by molar-refractivity contribution is 7.92. The van der Waals surface area contributed by atoms with Crippen molar-refractivity contribution in [3.05, 3.63) is 95.6 Å². The molecular formula is C22H19F2N3O4S2. The summed E-state index contributed by atoms with van der Waals surface area (Å²) in [5.41, 5.74) is 1.75. The van der Waals surface area contributed by atoms with Gasteiger partial charge in [0.25, 0.3) is 10.0 Å². The van der Waals surface area contributed by atoms with Crippen molar-refractivity contribution in [2.75, 3.05) is 11.0 Å². The van der Waals surface area contributed by atoms with Crippen molar-refractivity contribution in [3.8, 4) is 0 Å². The molecule has 33 heavy (non-hydrogen) atoms. The highest BCUT2D eigenvalue weighted by Gasteiger charge is 2.37. The van der Waals surface area contributed by atoms with Crippen molar-refractivity contribution in [2.24, 2.45) is 5.10 Å². The summed E-state index contributed by atoms with van der Waals surface area (Å²) in [5, 5.41) is 4.33. The smallest absolute Gasteiger partial charge is 0.279 e. The average Bonchev–Trinajstić information content (AvgIpc) is 3.20. The Labute approximate surface area is 190 Å². The minimum Gasteiger partial charge on any atom is -0.284 e. The van der Waals surface area contributed by atoms with Crippen LogP contribution in [0.25, 0.3) is 0 Å². The van der Waals surface area contributed by atoms with Gasteiger partial charge in [0, 0.05) is 12.1 Å². The van der Waals surface area contributed by atoms with E-state index in [9.17, 15) is 25.6 Å². The zero-order valence-electron chi connectivity index (χ0n) is 17.3. The Morgan fingerprint density at radius 3 is 2.18 bits per heavy atom. The number of anilines is 1. The van der Waals surface area contributed by atoms with Crippen molar-refractivity contribution >= 4 is 31.4 Å². The van der Waals surface area contributed by atoms with Gasteiger partial charge in [0.05, 0.1) is 22.9 Å². The van der Waals surface area contributed by atoms with E-state index in [-0.39, 0.29) is 11.3 Å². The summed E-state index contributed by atoms with van der Waals surface area (Å²) in [6.45, 7) is 0. The summed E-state index contributed by atoms with van der Waals surface area (Å²) < 4.78 is 80.0. The molecule has 0 aromatic heterocycles. The second-order valence-corrected chi connectivity index (χ2v) is 11.0. The maximum Gasteiger partial charge on any atom is 0.279 e. The molecule has 4 rings (SSSR count). The van der Waals surface area contributed by atoms with Crippen LogP contribution in [0.2, 0.25) is 0 Å². The third-order valence-corrected chi connectivity index (χ3v) is 7.29. The van der Waals surface area contributed by atoms with Gasteiger partial charge in [-0.2, -0.15) is 17.9 Å². The zero-order chi connectivity index (χ0) is 23.8. The lowest BCUT2D eigenvalue weighted by Crippen LogP contribution is -2.27. The number of hydrogen-bond acceptors (Lipinski definition) is 5. The summed E-state index contributed by atoms with van der Waals surface area (Å²) in [6, 6.07) is 15.4. The lowest BCUT2D eigenvalue weighted by Gasteiger charge is -2.23. The van der Waals surface area contributed by atoms with E-state index in [2.05, 4.69) is 9.82 Å². The lowest BCUT2D eigenvalue weighted by molar-refractivity contribution is 0.370. The first-order valence-corrected chi connectivity index (χ1v) is 13.1. The Balaban J connectivity index is 1.74. The average molecular weight is 492 g/mol. The fraction of sp³-hybridized carbons (Fsp3) is 0.136. The van der Waals surface area contributed by atoms with E-state index < -0.39 is 37.7 Å². The minimum atomic E-state index is -4.17. The molecule has 3 aromatic carbocycles. The van der Waals surface area contributed by atoms with Gasteiger partial charge in [-0.15, -0.1) is 0 Å². The van der Waals surface area contributed by atoms with E-state index in [1.165, 1.54) is 30.3 Å². The number of halogens is 2.